The van der Waals surface area contributed by atoms with Crippen LogP contribution in [0.1, 0.15) is 33.0 Å². The molecule has 1 aromatic carbocycles. The van der Waals surface area contributed by atoms with Crippen LogP contribution >= 0.6 is 0 Å². The van der Waals surface area contributed by atoms with Gasteiger partial charge in [0.15, 0.2) is 0 Å². The summed E-state index contributed by atoms with van der Waals surface area (Å²) in [5.41, 5.74) is 8.16. The molecule has 0 radical (unpaired) electrons. The van der Waals surface area contributed by atoms with Crippen molar-refractivity contribution in [2.45, 2.75) is 38.3 Å². The number of imidazole rings is 1. The predicted octanol–water partition coefficient (Wildman–Crippen LogP) is 2.37. The summed E-state index contributed by atoms with van der Waals surface area (Å²) < 4.78 is 7.76. The number of hydrogen-bond acceptors (Lipinski definition) is 3. The van der Waals surface area contributed by atoms with Gasteiger partial charge in [0.25, 0.3) is 0 Å². The van der Waals surface area contributed by atoms with Crippen LogP contribution in [0.25, 0.3) is 11.0 Å². The van der Waals surface area contributed by atoms with Crippen LogP contribution in [0, 0.1) is 0 Å². The normalized spacial score (nSPS) is 24.2. The summed E-state index contributed by atoms with van der Waals surface area (Å²) in [6.07, 6.45) is 0.826. The maximum atomic E-state index is 6.53. The number of hydrogen-bond donors (Lipinski definition) is 1. The standard InChI is InChI=1S/C15H21N3O/c1-14(2,3)18-12-7-5-4-6-11(12)17-13(18)15(16)8-9-19-10-15/h4-7H,8-10,16H2,1-3H3. The molecule has 0 bridgehead atoms. The lowest BCUT2D eigenvalue weighted by Gasteiger charge is -2.30. The van der Waals surface area contributed by atoms with Crippen LogP contribution in [0.4, 0.5) is 0 Å². The van der Waals surface area contributed by atoms with E-state index in [1.54, 1.807) is 0 Å². The van der Waals surface area contributed by atoms with Crippen LogP contribution in [-0.2, 0) is 15.8 Å². The van der Waals surface area contributed by atoms with Gasteiger partial charge in [0.1, 0.15) is 11.4 Å². The van der Waals surface area contributed by atoms with E-state index in [0.717, 1.165) is 23.3 Å². The fraction of sp³-hybridized carbons (Fsp3) is 0.533. The van der Waals surface area contributed by atoms with Gasteiger partial charge in [-0.15, -0.1) is 0 Å². The number of para-hydroxylation sites is 2. The van der Waals surface area contributed by atoms with E-state index < -0.39 is 5.54 Å². The van der Waals surface area contributed by atoms with Crippen molar-refractivity contribution in [3.05, 3.63) is 30.1 Å². The van der Waals surface area contributed by atoms with E-state index in [-0.39, 0.29) is 5.54 Å². The molecular weight excluding hydrogens is 238 g/mol. The first kappa shape index (κ1) is 12.6. The Morgan fingerprint density at radius 3 is 2.68 bits per heavy atom. The SMILES string of the molecule is CC(C)(C)n1c(C2(N)CCOC2)nc2ccccc21. The second-order valence-electron chi connectivity index (χ2n) is 6.39. The molecule has 2 heterocycles. The number of benzene rings is 1. The molecule has 0 saturated carbocycles. The second-order valence-corrected chi connectivity index (χ2v) is 6.39. The van der Waals surface area contributed by atoms with Crippen molar-refractivity contribution in [3.8, 4) is 0 Å². The summed E-state index contributed by atoms with van der Waals surface area (Å²) in [4.78, 5) is 4.79. The first-order valence-electron chi connectivity index (χ1n) is 6.77. The Morgan fingerprint density at radius 1 is 1.32 bits per heavy atom. The maximum absolute atomic E-state index is 6.53. The van der Waals surface area contributed by atoms with Crippen molar-refractivity contribution in [1.82, 2.24) is 9.55 Å². The molecule has 3 rings (SSSR count). The smallest absolute Gasteiger partial charge is 0.133 e. The molecule has 1 aliphatic rings. The molecular formula is C15H21N3O. The molecule has 1 fully saturated rings. The van der Waals surface area contributed by atoms with Crippen LogP contribution < -0.4 is 5.73 Å². The van der Waals surface area contributed by atoms with E-state index in [1.165, 1.54) is 0 Å². The number of rotatable bonds is 1. The molecule has 0 amide bonds. The monoisotopic (exact) mass is 259 g/mol. The van der Waals surface area contributed by atoms with Crippen molar-refractivity contribution in [3.63, 3.8) is 0 Å². The number of aromatic nitrogens is 2. The topological polar surface area (TPSA) is 53.1 Å². The maximum Gasteiger partial charge on any atom is 0.133 e. The predicted molar refractivity (Wildman–Crippen MR) is 76.0 cm³/mol. The van der Waals surface area contributed by atoms with Crippen LogP contribution in [0.5, 0.6) is 0 Å². The van der Waals surface area contributed by atoms with Crippen LogP contribution in [0.3, 0.4) is 0 Å². The molecule has 1 unspecified atom stereocenters. The minimum absolute atomic E-state index is 0.0552. The molecule has 1 aromatic heterocycles. The molecule has 2 N–H and O–H groups in total. The summed E-state index contributed by atoms with van der Waals surface area (Å²) in [7, 11) is 0. The Balaban J connectivity index is 2.29. The van der Waals surface area contributed by atoms with Crippen LogP contribution in [0.15, 0.2) is 24.3 Å². The largest absolute Gasteiger partial charge is 0.379 e. The fourth-order valence-electron chi connectivity index (χ4n) is 2.80. The van der Waals surface area contributed by atoms with Gasteiger partial charge in [0.05, 0.1) is 17.6 Å². The van der Waals surface area contributed by atoms with Crippen molar-refractivity contribution in [1.29, 1.82) is 0 Å². The average molecular weight is 259 g/mol. The van der Waals surface area contributed by atoms with E-state index in [2.05, 4.69) is 31.4 Å². The minimum atomic E-state index is -0.466. The van der Waals surface area contributed by atoms with Gasteiger partial charge in [0.2, 0.25) is 0 Å². The van der Waals surface area contributed by atoms with Gasteiger partial charge in [-0.2, -0.15) is 0 Å². The molecule has 4 nitrogen and oxygen atoms in total. The summed E-state index contributed by atoms with van der Waals surface area (Å²) in [6, 6.07) is 8.21. The lowest BCUT2D eigenvalue weighted by atomic mass is 9.97. The number of ether oxygens (including phenoxy) is 1. The first-order chi connectivity index (χ1) is 8.92. The third-order valence-corrected chi connectivity index (χ3v) is 3.73. The molecule has 4 heteroatoms. The quantitative estimate of drug-likeness (QED) is 0.855. The lowest BCUT2D eigenvalue weighted by molar-refractivity contribution is 0.173. The van der Waals surface area contributed by atoms with Gasteiger partial charge in [-0.1, -0.05) is 12.1 Å². The Kier molecular flexibility index (Phi) is 2.69. The number of nitrogens with zero attached hydrogens (tertiary/aromatic N) is 2. The molecule has 0 spiro atoms. The fourth-order valence-corrected chi connectivity index (χ4v) is 2.80. The molecule has 1 saturated heterocycles. The van der Waals surface area contributed by atoms with Crippen molar-refractivity contribution in [2.24, 2.45) is 5.73 Å². The zero-order valence-electron chi connectivity index (χ0n) is 11.8. The Morgan fingerprint density at radius 2 is 2.05 bits per heavy atom. The summed E-state index contributed by atoms with van der Waals surface area (Å²) in [5, 5.41) is 0. The number of fused-ring (bicyclic) bond motifs is 1. The van der Waals surface area contributed by atoms with Crippen molar-refractivity contribution >= 4 is 11.0 Å². The van der Waals surface area contributed by atoms with Crippen molar-refractivity contribution < 1.29 is 4.74 Å². The zero-order chi connectivity index (χ0) is 13.7. The summed E-state index contributed by atoms with van der Waals surface area (Å²) in [6.45, 7) is 7.81. The number of nitrogens with two attached hydrogens (primary N) is 1. The van der Waals surface area contributed by atoms with Gasteiger partial charge in [-0.3, -0.25) is 0 Å². The first-order valence-corrected chi connectivity index (χ1v) is 6.77. The van der Waals surface area contributed by atoms with E-state index >= 15 is 0 Å². The van der Waals surface area contributed by atoms with Gasteiger partial charge < -0.3 is 15.0 Å². The van der Waals surface area contributed by atoms with E-state index in [4.69, 9.17) is 15.5 Å². The molecule has 1 atom stereocenters. The second kappa shape index (κ2) is 4.05. The van der Waals surface area contributed by atoms with Crippen LogP contribution in [0.2, 0.25) is 0 Å². The molecule has 1 aliphatic heterocycles. The third kappa shape index (κ3) is 1.95. The van der Waals surface area contributed by atoms with Crippen LogP contribution in [-0.4, -0.2) is 22.8 Å². The van der Waals surface area contributed by atoms with E-state index in [1.807, 2.05) is 18.2 Å². The molecule has 102 valence electrons. The highest BCUT2D eigenvalue weighted by molar-refractivity contribution is 5.76. The highest BCUT2D eigenvalue weighted by Crippen LogP contribution is 2.33. The van der Waals surface area contributed by atoms with Gasteiger partial charge >= 0.3 is 0 Å². The minimum Gasteiger partial charge on any atom is -0.379 e. The molecule has 0 aliphatic carbocycles. The Labute approximate surface area is 113 Å². The highest BCUT2D eigenvalue weighted by Gasteiger charge is 2.39. The van der Waals surface area contributed by atoms with Gasteiger partial charge in [-0.25, -0.2) is 4.98 Å². The zero-order valence-corrected chi connectivity index (χ0v) is 11.8. The third-order valence-electron chi connectivity index (χ3n) is 3.73. The Bertz CT molecular complexity index is 603. The highest BCUT2D eigenvalue weighted by atomic mass is 16.5. The van der Waals surface area contributed by atoms with E-state index in [9.17, 15) is 0 Å². The van der Waals surface area contributed by atoms with Gasteiger partial charge in [-0.05, 0) is 39.3 Å². The lowest BCUT2D eigenvalue weighted by Crippen LogP contribution is -2.42. The van der Waals surface area contributed by atoms with Gasteiger partial charge in [0, 0.05) is 12.1 Å². The summed E-state index contributed by atoms with van der Waals surface area (Å²) in [5.74, 6) is 0.943. The Hall–Kier alpha value is -1.39. The molecule has 19 heavy (non-hydrogen) atoms. The van der Waals surface area contributed by atoms with E-state index in [0.29, 0.717) is 13.2 Å². The van der Waals surface area contributed by atoms with Crippen molar-refractivity contribution in [2.75, 3.05) is 13.2 Å². The molecule has 2 aromatic rings. The average Bonchev–Trinajstić information content (AvgIpc) is 2.92. The summed E-state index contributed by atoms with van der Waals surface area (Å²) >= 11 is 0.